The third-order valence-corrected chi connectivity index (χ3v) is 2.86. The average molecular weight is 266 g/mol. The van der Waals surface area contributed by atoms with Gasteiger partial charge in [-0.25, -0.2) is 4.39 Å². The Morgan fingerprint density at radius 2 is 1.84 bits per heavy atom. The predicted molar refractivity (Wildman–Crippen MR) is 75.4 cm³/mol. The molecule has 1 atom stereocenters. The Bertz CT molecular complexity index is 390. The van der Waals surface area contributed by atoms with E-state index in [1.165, 1.54) is 12.1 Å². The summed E-state index contributed by atoms with van der Waals surface area (Å²) in [5, 5.41) is 6.05. The molecule has 0 saturated heterocycles. The minimum Gasteiger partial charge on any atom is -0.354 e. The van der Waals surface area contributed by atoms with Crippen molar-refractivity contribution in [3.8, 4) is 0 Å². The quantitative estimate of drug-likeness (QED) is 0.793. The summed E-state index contributed by atoms with van der Waals surface area (Å²) in [6, 6.07) is 6.22. The molecular weight excluding hydrogens is 243 g/mol. The Morgan fingerprint density at radius 1 is 1.21 bits per heavy atom. The SMILES string of the molecule is CC(C)CNC(=O)C(C)NCCc1ccc(F)cc1. The van der Waals surface area contributed by atoms with E-state index in [0.717, 1.165) is 12.0 Å². The Balaban J connectivity index is 2.24. The minimum atomic E-state index is -0.224. The highest BCUT2D eigenvalue weighted by Gasteiger charge is 2.11. The highest BCUT2D eigenvalue weighted by atomic mass is 19.1. The first kappa shape index (κ1) is 15.6. The molecule has 0 aromatic heterocycles. The van der Waals surface area contributed by atoms with E-state index in [-0.39, 0.29) is 17.8 Å². The second kappa shape index (κ2) is 7.89. The molecule has 19 heavy (non-hydrogen) atoms. The van der Waals surface area contributed by atoms with E-state index in [2.05, 4.69) is 24.5 Å². The van der Waals surface area contributed by atoms with E-state index in [0.29, 0.717) is 19.0 Å². The molecule has 1 aromatic rings. The lowest BCUT2D eigenvalue weighted by molar-refractivity contribution is -0.122. The Kier molecular flexibility index (Phi) is 6.50. The van der Waals surface area contributed by atoms with Crippen LogP contribution in [0.1, 0.15) is 26.3 Å². The molecule has 0 bridgehead atoms. The summed E-state index contributed by atoms with van der Waals surface area (Å²) in [6.07, 6.45) is 0.780. The van der Waals surface area contributed by atoms with Gasteiger partial charge in [-0.05, 0) is 43.5 Å². The second-order valence-corrected chi connectivity index (χ2v) is 5.19. The fourth-order valence-corrected chi connectivity index (χ4v) is 1.63. The van der Waals surface area contributed by atoms with Crippen molar-refractivity contribution >= 4 is 5.91 Å². The Morgan fingerprint density at radius 3 is 2.42 bits per heavy atom. The van der Waals surface area contributed by atoms with Crippen molar-refractivity contribution in [3.63, 3.8) is 0 Å². The van der Waals surface area contributed by atoms with Gasteiger partial charge < -0.3 is 10.6 Å². The van der Waals surface area contributed by atoms with Gasteiger partial charge in [0.15, 0.2) is 0 Å². The smallest absolute Gasteiger partial charge is 0.236 e. The molecule has 1 amide bonds. The van der Waals surface area contributed by atoms with Crippen LogP contribution in [-0.4, -0.2) is 25.0 Å². The summed E-state index contributed by atoms with van der Waals surface area (Å²) >= 11 is 0. The van der Waals surface area contributed by atoms with Crippen molar-refractivity contribution in [3.05, 3.63) is 35.6 Å². The molecule has 2 N–H and O–H groups in total. The fraction of sp³-hybridized carbons (Fsp3) is 0.533. The Labute approximate surface area is 114 Å². The molecule has 0 aliphatic rings. The van der Waals surface area contributed by atoms with Crippen molar-refractivity contribution in [2.75, 3.05) is 13.1 Å². The van der Waals surface area contributed by atoms with Gasteiger partial charge in [0.1, 0.15) is 5.82 Å². The molecule has 0 aliphatic heterocycles. The van der Waals surface area contributed by atoms with Crippen LogP contribution in [0.25, 0.3) is 0 Å². The highest BCUT2D eigenvalue weighted by Crippen LogP contribution is 2.02. The average Bonchev–Trinajstić information content (AvgIpc) is 2.38. The van der Waals surface area contributed by atoms with E-state index < -0.39 is 0 Å². The molecule has 106 valence electrons. The van der Waals surface area contributed by atoms with E-state index in [9.17, 15) is 9.18 Å². The van der Waals surface area contributed by atoms with Crippen LogP contribution in [-0.2, 0) is 11.2 Å². The van der Waals surface area contributed by atoms with Gasteiger partial charge in [0.05, 0.1) is 6.04 Å². The molecule has 3 nitrogen and oxygen atoms in total. The first-order chi connectivity index (χ1) is 8.99. The van der Waals surface area contributed by atoms with Crippen LogP contribution in [0.15, 0.2) is 24.3 Å². The number of rotatable bonds is 7. The second-order valence-electron chi connectivity index (χ2n) is 5.19. The van der Waals surface area contributed by atoms with Crippen molar-refractivity contribution in [1.29, 1.82) is 0 Å². The van der Waals surface area contributed by atoms with Gasteiger partial charge in [-0.15, -0.1) is 0 Å². The van der Waals surface area contributed by atoms with Crippen LogP contribution in [0.3, 0.4) is 0 Å². The molecule has 0 heterocycles. The van der Waals surface area contributed by atoms with Gasteiger partial charge in [0.25, 0.3) is 0 Å². The number of halogens is 1. The Hall–Kier alpha value is -1.42. The highest BCUT2D eigenvalue weighted by molar-refractivity contribution is 5.81. The molecule has 1 aromatic carbocycles. The molecule has 0 fully saturated rings. The zero-order valence-electron chi connectivity index (χ0n) is 11.9. The molecular formula is C15H23FN2O. The molecule has 0 spiro atoms. The predicted octanol–water partition coefficient (Wildman–Crippen LogP) is 2.12. The normalized spacial score (nSPS) is 12.5. The maximum Gasteiger partial charge on any atom is 0.236 e. The fourth-order valence-electron chi connectivity index (χ4n) is 1.63. The van der Waals surface area contributed by atoms with Crippen LogP contribution in [0, 0.1) is 11.7 Å². The maximum absolute atomic E-state index is 12.7. The van der Waals surface area contributed by atoms with Crippen LogP contribution >= 0.6 is 0 Å². The molecule has 1 rings (SSSR count). The number of nitrogens with one attached hydrogen (secondary N) is 2. The van der Waals surface area contributed by atoms with Gasteiger partial charge in [-0.3, -0.25) is 4.79 Å². The summed E-state index contributed by atoms with van der Waals surface area (Å²) < 4.78 is 12.7. The van der Waals surface area contributed by atoms with Crippen molar-refractivity contribution in [2.45, 2.75) is 33.2 Å². The van der Waals surface area contributed by atoms with Crippen LogP contribution in [0.2, 0.25) is 0 Å². The third kappa shape index (κ3) is 6.34. The van der Waals surface area contributed by atoms with E-state index in [4.69, 9.17) is 0 Å². The largest absolute Gasteiger partial charge is 0.354 e. The van der Waals surface area contributed by atoms with E-state index in [1.54, 1.807) is 12.1 Å². The number of benzene rings is 1. The maximum atomic E-state index is 12.7. The van der Waals surface area contributed by atoms with Gasteiger partial charge in [0, 0.05) is 6.54 Å². The first-order valence-corrected chi connectivity index (χ1v) is 6.74. The summed E-state index contributed by atoms with van der Waals surface area (Å²) in [6.45, 7) is 7.37. The number of hydrogen-bond donors (Lipinski definition) is 2. The standard InChI is InChI=1S/C15H23FN2O/c1-11(2)10-18-15(19)12(3)17-9-8-13-4-6-14(16)7-5-13/h4-7,11-12,17H,8-10H2,1-3H3,(H,18,19). The lowest BCUT2D eigenvalue weighted by atomic mass is 10.1. The lowest BCUT2D eigenvalue weighted by Gasteiger charge is -2.15. The number of carbonyl (C=O) groups is 1. The molecule has 0 saturated carbocycles. The third-order valence-electron chi connectivity index (χ3n) is 2.86. The van der Waals surface area contributed by atoms with Crippen molar-refractivity contribution in [2.24, 2.45) is 5.92 Å². The van der Waals surface area contributed by atoms with Crippen LogP contribution < -0.4 is 10.6 Å². The summed E-state index contributed by atoms with van der Waals surface area (Å²) in [5.41, 5.74) is 1.06. The lowest BCUT2D eigenvalue weighted by Crippen LogP contribution is -2.43. The first-order valence-electron chi connectivity index (χ1n) is 6.74. The zero-order valence-corrected chi connectivity index (χ0v) is 11.9. The summed E-state index contributed by atoms with van der Waals surface area (Å²) in [7, 11) is 0. The van der Waals surface area contributed by atoms with E-state index >= 15 is 0 Å². The van der Waals surface area contributed by atoms with E-state index in [1.807, 2.05) is 6.92 Å². The molecule has 1 unspecified atom stereocenters. The number of hydrogen-bond acceptors (Lipinski definition) is 2. The van der Waals surface area contributed by atoms with Crippen LogP contribution in [0.4, 0.5) is 4.39 Å². The molecule has 0 aliphatic carbocycles. The van der Waals surface area contributed by atoms with Crippen molar-refractivity contribution in [1.82, 2.24) is 10.6 Å². The number of carbonyl (C=O) groups excluding carboxylic acids is 1. The van der Waals surface area contributed by atoms with Crippen LogP contribution in [0.5, 0.6) is 0 Å². The summed E-state index contributed by atoms with van der Waals surface area (Å²) in [5.74, 6) is 0.251. The molecule has 4 heteroatoms. The monoisotopic (exact) mass is 266 g/mol. The zero-order chi connectivity index (χ0) is 14.3. The summed E-state index contributed by atoms with van der Waals surface area (Å²) in [4.78, 5) is 11.7. The van der Waals surface area contributed by atoms with Crippen molar-refractivity contribution < 1.29 is 9.18 Å². The van der Waals surface area contributed by atoms with Gasteiger partial charge in [0.2, 0.25) is 5.91 Å². The van der Waals surface area contributed by atoms with Gasteiger partial charge in [-0.2, -0.15) is 0 Å². The number of amides is 1. The topological polar surface area (TPSA) is 41.1 Å². The van der Waals surface area contributed by atoms with Gasteiger partial charge in [-0.1, -0.05) is 26.0 Å². The minimum absolute atomic E-state index is 0.0211. The molecule has 0 radical (unpaired) electrons. The van der Waals surface area contributed by atoms with Gasteiger partial charge >= 0.3 is 0 Å².